The van der Waals surface area contributed by atoms with Gasteiger partial charge in [-0.05, 0) is 6.92 Å². The molecule has 0 saturated carbocycles. The topological polar surface area (TPSA) is 47.3 Å². The monoisotopic (exact) mass is 116 g/mol. The number of ether oxygens (including phenoxy) is 1. The van der Waals surface area contributed by atoms with Crippen LogP contribution in [0.1, 0.15) is 6.92 Å². The minimum atomic E-state index is 0.493. The molecule has 0 aromatic carbocycles. The van der Waals surface area contributed by atoms with E-state index in [2.05, 4.69) is 12.0 Å². The van der Waals surface area contributed by atoms with Gasteiger partial charge in [0, 0.05) is 12.3 Å². The molecule has 0 spiro atoms. The van der Waals surface area contributed by atoms with Crippen molar-refractivity contribution in [1.29, 1.82) is 0 Å². The fourth-order valence-electron chi connectivity index (χ4n) is 0.267. The first-order valence-electron chi connectivity index (χ1n) is 2.53. The van der Waals surface area contributed by atoms with Gasteiger partial charge in [0.15, 0.2) is 0 Å². The van der Waals surface area contributed by atoms with Gasteiger partial charge in [-0.3, -0.25) is 5.84 Å². The highest BCUT2D eigenvalue weighted by Crippen LogP contribution is 1.80. The number of hydrogen-bond acceptors (Lipinski definition) is 3. The summed E-state index contributed by atoms with van der Waals surface area (Å²) in [7, 11) is 0. The number of rotatable bonds is 4. The Hall–Kier alpha value is -0.540. The highest BCUT2D eigenvalue weighted by molar-refractivity contribution is 4.87. The summed E-state index contributed by atoms with van der Waals surface area (Å²) >= 11 is 0. The second kappa shape index (κ2) is 4.61. The molecule has 8 heavy (non-hydrogen) atoms. The van der Waals surface area contributed by atoms with Gasteiger partial charge in [0.2, 0.25) is 0 Å². The molecule has 0 atom stereocenters. The lowest BCUT2D eigenvalue weighted by atomic mass is 10.5. The molecular formula is C5H12N2O. The summed E-state index contributed by atoms with van der Waals surface area (Å²) in [5.41, 5.74) is 3.08. The van der Waals surface area contributed by atoms with E-state index >= 15 is 0 Å². The molecule has 0 radical (unpaired) electrons. The van der Waals surface area contributed by atoms with E-state index in [0.717, 1.165) is 0 Å². The van der Waals surface area contributed by atoms with Crippen LogP contribution in [0, 0.1) is 0 Å². The van der Waals surface area contributed by atoms with Crippen LogP contribution in [-0.2, 0) is 4.74 Å². The minimum absolute atomic E-state index is 0.493. The van der Waals surface area contributed by atoms with Crippen molar-refractivity contribution in [2.45, 2.75) is 6.92 Å². The van der Waals surface area contributed by atoms with Crippen molar-refractivity contribution in [2.75, 3.05) is 13.2 Å². The quantitative estimate of drug-likeness (QED) is 0.401. The van der Waals surface area contributed by atoms with Gasteiger partial charge < -0.3 is 10.2 Å². The average Bonchev–Trinajstić information content (AvgIpc) is 1.83. The summed E-state index contributed by atoms with van der Waals surface area (Å²) in [5.74, 6) is 4.98. The number of nitrogens with one attached hydrogen (secondary N) is 1. The van der Waals surface area contributed by atoms with E-state index in [-0.39, 0.29) is 0 Å². The fraction of sp³-hybridized carbons (Fsp3) is 0.600. The van der Waals surface area contributed by atoms with E-state index in [9.17, 15) is 0 Å². The fourth-order valence-corrected chi connectivity index (χ4v) is 0.267. The Morgan fingerprint density at radius 2 is 2.50 bits per heavy atom. The maximum Gasteiger partial charge on any atom is 0.0869 e. The molecule has 0 unspecified atom stereocenters. The van der Waals surface area contributed by atoms with E-state index in [1.54, 1.807) is 0 Å². The molecule has 3 heteroatoms. The van der Waals surface area contributed by atoms with Crippen LogP contribution < -0.4 is 11.3 Å². The Morgan fingerprint density at radius 3 is 2.88 bits per heavy atom. The van der Waals surface area contributed by atoms with Gasteiger partial charge in [0.05, 0.1) is 6.61 Å². The highest BCUT2D eigenvalue weighted by Gasteiger charge is 1.85. The maximum atomic E-state index is 4.98. The predicted molar refractivity (Wildman–Crippen MR) is 33.0 cm³/mol. The van der Waals surface area contributed by atoms with Gasteiger partial charge >= 0.3 is 0 Å². The Morgan fingerprint density at radius 1 is 1.88 bits per heavy atom. The van der Waals surface area contributed by atoms with Crippen LogP contribution in [0.15, 0.2) is 12.3 Å². The van der Waals surface area contributed by atoms with Gasteiger partial charge in [-0.25, -0.2) is 0 Å². The van der Waals surface area contributed by atoms with Gasteiger partial charge in [0.1, 0.15) is 0 Å². The minimum Gasteiger partial charge on any atom is -0.376 e. The Labute approximate surface area is 49.5 Å². The number of hydrogen-bond donors (Lipinski definition) is 2. The summed E-state index contributed by atoms with van der Waals surface area (Å²) in [5, 5.41) is 0. The molecule has 48 valence electrons. The Kier molecular flexibility index (Phi) is 4.30. The summed E-state index contributed by atoms with van der Waals surface area (Å²) in [6.45, 7) is 6.66. The van der Waals surface area contributed by atoms with Gasteiger partial charge in [-0.1, -0.05) is 6.58 Å². The van der Waals surface area contributed by atoms with Crippen molar-refractivity contribution < 1.29 is 4.74 Å². The lowest BCUT2D eigenvalue weighted by molar-refractivity contribution is 0.167. The molecule has 3 nitrogen and oxygen atoms in total. The van der Waals surface area contributed by atoms with Crippen molar-refractivity contribution in [3.63, 3.8) is 0 Å². The molecule has 0 aromatic rings. The smallest absolute Gasteiger partial charge is 0.0869 e. The van der Waals surface area contributed by atoms with E-state index in [0.29, 0.717) is 18.9 Å². The lowest BCUT2D eigenvalue weighted by Gasteiger charge is -2.01. The summed E-state index contributed by atoms with van der Waals surface area (Å²) < 4.78 is 4.94. The van der Waals surface area contributed by atoms with Gasteiger partial charge in [-0.2, -0.15) is 0 Å². The van der Waals surface area contributed by atoms with Crippen LogP contribution in [0.4, 0.5) is 0 Å². The standard InChI is InChI=1S/C5H12N2O/c1-3-8-4-5(2)7-6/h7H,2-4,6H2,1H3. The van der Waals surface area contributed by atoms with E-state index in [1.165, 1.54) is 0 Å². The first-order chi connectivity index (χ1) is 3.81. The van der Waals surface area contributed by atoms with Crippen LogP contribution >= 0.6 is 0 Å². The Balaban J connectivity index is 2.99. The van der Waals surface area contributed by atoms with Crippen LogP contribution in [-0.4, -0.2) is 13.2 Å². The van der Waals surface area contributed by atoms with Gasteiger partial charge in [0.25, 0.3) is 0 Å². The molecule has 0 aliphatic heterocycles. The average molecular weight is 116 g/mol. The van der Waals surface area contributed by atoms with Crippen LogP contribution in [0.2, 0.25) is 0 Å². The van der Waals surface area contributed by atoms with Gasteiger partial charge in [-0.15, -0.1) is 0 Å². The molecule has 0 bridgehead atoms. The Bertz CT molecular complexity index is 72.8. The highest BCUT2D eigenvalue weighted by atomic mass is 16.5. The van der Waals surface area contributed by atoms with Crippen LogP contribution in [0.25, 0.3) is 0 Å². The van der Waals surface area contributed by atoms with Crippen molar-refractivity contribution in [2.24, 2.45) is 5.84 Å². The first-order valence-corrected chi connectivity index (χ1v) is 2.53. The molecule has 0 amide bonds. The molecule has 0 aliphatic carbocycles. The molecular weight excluding hydrogens is 104 g/mol. The third kappa shape index (κ3) is 3.64. The van der Waals surface area contributed by atoms with Crippen molar-refractivity contribution in [3.05, 3.63) is 12.3 Å². The lowest BCUT2D eigenvalue weighted by Crippen LogP contribution is -2.23. The third-order valence-electron chi connectivity index (χ3n) is 0.685. The zero-order valence-corrected chi connectivity index (χ0v) is 5.11. The molecule has 0 saturated heterocycles. The second-order valence-electron chi connectivity index (χ2n) is 1.39. The summed E-state index contributed by atoms with van der Waals surface area (Å²) in [4.78, 5) is 0. The molecule has 0 aliphatic rings. The predicted octanol–water partition coefficient (Wildman–Crippen LogP) is -0.0001000. The zero-order valence-electron chi connectivity index (χ0n) is 5.11. The van der Waals surface area contributed by atoms with E-state index < -0.39 is 0 Å². The molecule has 0 heterocycles. The maximum absolute atomic E-state index is 4.98. The first kappa shape index (κ1) is 7.46. The van der Waals surface area contributed by atoms with Crippen molar-refractivity contribution >= 4 is 0 Å². The third-order valence-corrected chi connectivity index (χ3v) is 0.685. The van der Waals surface area contributed by atoms with E-state index in [1.807, 2.05) is 6.92 Å². The second-order valence-corrected chi connectivity index (χ2v) is 1.39. The van der Waals surface area contributed by atoms with Crippen LogP contribution in [0.5, 0.6) is 0 Å². The SMILES string of the molecule is C=C(COCC)NN. The summed E-state index contributed by atoms with van der Waals surface area (Å²) in [6.07, 6.45) is 0. The molecule has 0 aromatic heterocycles. The largest absolute Gasteiger partial charge is 0.376 e. The van der Waals surface area contributed by atoms with Crippen molar-refractivity contribution in [3.8, 4) is 0 Å². The summed E-state index contributed by atoms with van der Waals surface area (Å²) in [6, 6.07) is 0. The molecule has 0 rings (SSSR count). The van der Waals surface area contributed by atoms with Crippen molar-refractivity contribution in [1.82, 2.24) is 5.43 Å². The zero-order chi connectivity index (χ0) is 6.41. The molecule has 3 N–H and O–H groups in total. The van der Waals surface area contributed by atoms with Crippen LogP contribution in [0.3, 0.4) is 0 Å². The normalized spacial score (nSPS) is 8.75. The van der Waals surface area contributed by atoms with E-state index in [4.69, 9.17) is 10.6 Å². The number of hydrazine groups is 1. The molecule has 0 fully saturated rings. The number of nitrogens with two attached hydrogens (primary N) is 1.